The predicted molar refractivity (Wildman–Crippen MR) is 124 cm³/mol. The van der Waals surface area contributed by atoms with Gasteiger partial charge in [0.25, 0.3) is 11.5 Å². The normalized spacial score (nSPS) is 14.3. The molecule has 31 heavy (non-hydrogen) atoms. The highest BCUT2D eigenvalue weighted by Crippen LogP contribution is 2.30. The smallest absolute Gasteiger partial charge is 0.271 e. The van der Waals surface area contributed by atoms with Crippen molar-refractivity contribution in [1.29, 1.82) is 5.26 Å². The zero-order chi connectivity index (χ0) is 22.0. The van der Waals surface area contributed by atoms with Crippen LogP contribution >= 0.6 is 11.3 Å². The maximum absolute atomic E-state index is 13.3. The Morgan fingerprint density at radius 2 is 1.87 bits per heavy atom. The molecule has 1 aromatic carbocycles. The van der Waals surface area contributed by atoms with Gasteiger partial charge in [-0.25, -0.2) is 0 Å². The minimum absolute atomic E-state index is 0.0408. The second kappa shape index (κ2) is 8.92. The molecule has 0 spiro atoms. The van der Waals surface area contributed by atoms with E-state index in [1.807, 2.05) is 65.7 Å². The molecule has 1 saturated heterocycles. The van der Waals surface area contributed by atoms with Crippen molar-refractivity contribution in [3.8, 4) is 6.07 Å². The number of pyridine rings is 1. The van der Waals surface area contributed by atoms with Crippen LogP contribution in [0.5, 0.6) is 0 Å². The minimum atomic E-state index is -0.254. The van der Waals surface area contributed by atoms with Gasteiger partial charge in [-0.1, -0.05) is 24.3 Å². The number of amides is 1. The summed E-state index contributed by atoms with van der Waals surface area (Å²) in [6.45, 7) is 3.50. The topological polar surface area (TPSA) is 72.6 Å². The van der Waals surface area contributed by atoms with E-state index in [-0.39, 0.29) is 17.0 Å². The molecule has 1 aliphatic heterocycles. The van der Waals surface area contributed by atoms with Crippen LogP contribution in [0.1, 0.15) is 15.2 Å². The molecule has 0 unspecified atom stereocenters. The number of para-hydroxylation sites is 1. The molecule has 1 amide bonds. The predicted octanol–water partition coefficient (Wildman–Crippen LogP) is 2.46. The van der Waals surface area contributed by atoms with Crippen molar-refractivity contribution in [2.75, 3.05) is 51.7 Å². The summed E-state index contributed by atoms with van der Waals surface area (Å²) in [5.74, 6) is 0.0408. The Morgan fingerprint density at radius 1 is 1.13 bits per heavy atom. The van der Waals surface area contributed by atoms with Crippen LogP contribution in [0.15, 0.2) is 46.6 Å². The number of hydrogen-bond acceptors (Lipinski definition) is 6. The molecule has 0 aliphatic carbocycles. The first-order chi connectivity index (χ1) is 15.0. The molecule has 0 saturated carbocycles. The molecule has 2 aromatic heterocycles. The molecule has 0 N–H and O–H groups in total. The lowest BCUT2D eigenvalue weighted by Crippen LogP contribution is -2.49. The van der Waals surface area contributed by atoms with Gasteiger partial charge >= 0.3 is 0 Å². The number of benzene rings is 1. The first-order valence-corrected chi connectivity index (χ1v) is 11.2. The Morgan fingerprint density at radius 3 is 2.52 bits per heavy atom. The second-order valence-electron chi connectivity index (χ2n) is 7.87. The lowest BCUT2D eigenvalue weighted by molar-refractivity contribution is 0.0751. The number of thiophene rings is 1. The molecule has 160 valence electrons. The largest absolute Gasteiger partial charge is 0.366 e. The lowest BCUT2D eigenvalue weighted by atomic mass is 10.1. The van der Waals surface area contributed by atoms with E-state index in [9.17, 15) is 14.9 Å². The lowest BCUT2D eigenvalue weighted by Gasteiger charge is -2.37. The first-order valence-electron chi connectivity index (χ1n) is 10.3. The van der Waals surface area contributed by atoms with Crippen LogP contribution in [0.2, 0.25) is 0 Å². The monoisotopic (exact) mass is 435 g/mol. The Bertz CT molecular complexity index is 1190. The fourth-order valence-corrected chi connectivity index (χ4v) is 4.72. The summed E-state index contributed by atoms with van der Waals surface area (Å²) >= 11 is 1.44. The number of nitriles is 1. The van der Waals surface area contributed by atoms with Gasteiger partial charge in [-0.15, -0.1) is 11.3 Å². The summed E-state index contributed by atoms with van der Waals surface area (Å²) in [5, 5.41) is 12.7. The average molecular weight is 436 g/mol. The maximum Gasteiger partial charge on any atom is 0.271 e. The molecule has 3 heterocycles. The number of carbonyl (C=O) groups excluding carboxylic acids is 1. The molecule has 1 aliphatic rings. The number of carbonyl (C=O) groups is 1. The van der Waals surface area contributed by atoms with Crippen molar-refractivity contribution in [1.82, 2.24) is 14.4 Å². The summed E-state index contributed by atoms with van der Waals surface area (Å²) in [6.07, 6.45) is 0. The van der Waals surface area contributed by atoms with Crippen molar-refractivity contribution in [2.45, 2.75) is 6.54 Å². The van der Waals surface area contributed by atoms with Crippen LogP contribution in [-0.4, -0.2) is 67.1 Å². The standard InChI is InChI=1S/C23H25N5O2S/c1-25(2)9-14-28-19-7-4-3-6-17(19)21(18(16-24)22(28)29)26-10-12-27(13-11-26)23(30)20-8-5-15-31-20/h3-8,15H,9-14H2,1-2H3. The van der Waals surface area contributed by atoms with E-state index in [2.05, 4.69) is 11.0 Å². The number of likely N-dealkylation sites (N-methyl/N-ethyl adjacent to an activating group) is 1. The number of hydrogen-bond donors (Lipinski definition) is 0. The molecule has 8 heteroatoms. The van der Waals surface area contributed by atoms with Crippen LogP contribution < -0.4 is 10.5 Å². The summed E-state index contributed by atoms with van der Waals surface area (Å²) in [6, 6.07) is 13.7. The van der Waals surface area contributed by atoms with Gasteiger partial charge in [0.1, 0.15) is 11.6 Å². The number of aromatic nitrogens is 1. The first kappa shape index (κ1) is 21.1. The SMILES string of the molecule is CN(C)CCn1c(=O)c(C#N)c(N2CCN(C(=O)c3cccs3)CC2)c2ccccc21. The number of fused-ring (bicyclic) bond motifs is 1. The van der Waals surface area contributed by atoms with Crippen LogP contribution in [0.4, 0.5) is 5.69 Å². The molecule has 0 atom stereocenters. The summed E-state index contributed by atoms with van der Waals surface area (Å²) in [7, 11) is 3.92. The van der Waals surface area contributed by atoms with E-state index in [4.69, 9.17) is 0 Å². The Labute approximate surface area is 185 Å². The maximum atomic E-state index is 13.3. The van der Waals surface area contributed by atoms with Gasteiger partial charge in [0.05, 0.1) is 16.1 Å². The van der Waals surface area contributed by atoms with E-state index in [0.717, 1.165) is 15.8 Å². The molecular formula is C23H25N5O2S. The van der Waals surface area contributed by atoms with E-state index in [1.54, 1.807) is 4.57 Å². The van der Waals surface area contributed by atoms with E-state index in [0.29, 0.717) is 45.0 Å². The summed E-state index contributed by atoms with van der Waals surface area (Å²) in [4.78, 5) is 32.6. The Balaban J connectivity index is 1.68. The Hall–Kier alpha value is -3.15. The highest BCUT2D eigenvalue weighted by Gasteiger charge is 2.27. The minimum Gasteiger partial charge on any atom is -0.366 e. The quantitative estimate of drug-likeness (QED) is 0.616. The van der Waals surface area contributed by atoms with E-state index < -0.39 is 0 Å². The Kier molecular flexibility index (Phi) is 6.07. The van der Waals surface area contributed by atoms with Crippen LogP contribution in [0, 0.1) is 11.3 Å². The zero-order valence-corrected chi connectivity index (χ0v) is 18.6. The molecule has 0 bridgehead atoms. The van der Waals surface area contributed by atoms with Gasteiger partial charge in [-0.2, -0.15) is 5.26 Å². The number of piperazine rings is 1. The highest BCUT2D eigenvalue weighted by atomic mass is 32.1. The molecule has 3 aromatic rings. The fourth-order valence-electron chi connectivity index (χ4n) is 4.03. The third-order valence-corrected chi connectivity index (χ3v) is 6.50. The van der Waals surface area contributed by atoms with Crippen LogP contribution in [0.3, 0.4) is 0 Å². The third kappa shape index (κ3) is 4.07. The third-order valence-electron chi connectivity index (χ3n) is 5.64. The average Bonchev–Trinajstić information content (AvgIpc) is 3.32. The molecular weight excluding hydrogens is 410 g/mol. The van der Waals surface area contributed by atoms with Gasteiger partial charge in [0, 0.05) is 44.7 Å². The van der Waals surface area contributed by atoms with Crippen LogP contribution in [-0.2, 0) is 6.54 Å². The van der Waals surface area contributed by atoms with Gasteiger partial charge < -0.3 is 19.3 Å². The zero-order valence-electron chi connectivity index (χ0n) is 17.7. The number of rotatable bonds is 5. The highest BCUT2D eigenvalue weighted by molar-refractivity contribution is 7.12. The van der Waals surface area contributed by atoms with E-state index >= 15 is 0 Å². The second-order valence-corrected chi connectivity index (χ2v) is 8.82. The molecule has 4 rings (SSSR count). The van der Waals surface area contributed by atoms with Crippen molar-refractivity contribution in [3.63, 3.8) is 0 Å². The molecule has 1 fully saturated rings. The number of nitrogens with zero attached hydrogens (tertiary/aromatic N) is 5. The van der Waals surface area contributed by atoms with Crippen molar-refractivity contribution in [2.24, 2.45) is 0 Å². The molecule has 0 radical (unpaired) electrons. The van der Waals surface area contributed by atoms with Gasteiger partial charge in [-0.3, -0.25) is 9.59 Å². The van der Waals surface area contributed by atoms with Crippen molar-refractivity contribution >= 4 is 33.8 Å². The summed E-state index contributed by atoms with van der Waals surface area (Å²) < 4.78 is 1.70. The van der Waals surface area contributed by atoms with Gasteiger partial charge in [0.2, 0.25) is 0 Å². The van der Waals surface area contributed by atoms with Crippen molar-refractivity contribution < 1.29 is 4.79 Å². The van der Waals surface area contributed by atoms with E-state index in [1.165, 1.54) is 11.3 Å². The van der Waals surface area contributed by atoms with Crippen molar-refractivity contribution in [3.05, 3.63) is 62.6 Å². The van der Waals surface area contributed by atoms with Gasteiger partial charge in [0.15, 0.2) is 0 Å². The summed E-state index contributed by atoms with van der Waals surface area (Å²) in [5.41, 5.74) is 1.44. The number of anilines is 1. The van der Waals surface area contributed by atoms with Gasteiger partial charge in [-0.05, 0) is 31.6 Å². The van der Waals surface area contributed by atoms with Crippen LogP contribution in [0.25, 0.3) is 10.9 Å². The molecule has 7 nitrogen and oxygen atoms in total. The fraction of sp³-hybridized carbons (Fsp3) is 0.348.